The summed E-state index contributed by atoms with van der Waals surface area (Å²) in [6, 6.07) is 5.33. The van der Waals surface area contributed by atoms with Crippen LogP contribution in [0.2, 0.25) is 5.02 Å². The fourth-order valence-electron chi connectivity index (χ4n) is 2.08. The number of benzene rings is 1. The van der Waals surface area contributed by atoms with E-state index in [9.17, 15) is 9.59 Å². The number of carbonyl (C=O) groups excluding carboxylic acids is 2. The van der Waals surface area contributed by atoms with Crippen molar-refractivity contribution in [1.29, 1.82) is 0 Å². The predicted molar refractivity (Wildman–Crippen MR) is 90.4 cm³/mol. The molecular formula is C16H24ClN3O2. The molecule has 6 heteroatoms. The highest BCUT2D eigenvalue weighted by molar-refractivity contribution is 6.31. The molecule has 0 saturated carbocycles. The molecule has 0 aliphatic carbocycles. The lowest BCUT2D eigenvalue weighted by Gasteiger charge is -2.23. The van der Waals surface area contributed by atoms with Gasteiger partial charge in [-0.05, 0) is 51.7 Å². The van der Waals surface area contributed by atoms with E-state index in [0.29, 0.717) is 17.3 Å². The third kappa shape index (κ3) is 5.66. The second-order valence-electron chi connectivity index (χ2n) is 5.50. The maximum Gasteiger partial charge on any atom is 0.240 e. The van der Waals surface area contributed by atoms with Crippen LogP contribution in [0, 0.1) is 6.92 Å². The lowest BCUT2D eigenvalue weighted by atomic mass is 10.1. The van der Waals surface area contributed by atoms with Crippen LogP contribution in [-0.4, -0.2) is 50.4 Å². The summed E-state index contributed by atoms with van der Waals surface area (Å²) in [6.45, 7) is 4.78. The van der Waals surface area contributed by atoms with E-state index in [0.717, 1.165) is 18.5 Å². The fraction of sp³-hybridized carbons (Fsp3) is 0.500. The Kier molecular flexibility index (Phi) is 7.35. The first-order valence-electron chi connectivity index (χ1n) is 7.27. The van der Waals surface area contributed by atoms with Crippen molar-refractivity contribution in [3.63, 3.8) is 0 Å². The van der Waals surface area contributed by atoms with Crippen molar-refractivity contribution >= 4 is 29.1 Å². The Morgan fingerprint density at radius 3 is 2.55 bits per heavy atom. The minimum Gasteiger partial charge on any atom is -0.355 e. The average molecular weight is 326 g/mol. The third-order valence-electron chi connectivity index (χ3n) is 3.32. The Morgan fingerprint density at radius 2 is 1.95 bits per heavy atom. The summed E-state index contributed by atoms with van der Waals surface area (Å²) in [5, 5.41) is 3.41. The van der Waals surface area contributed by atoms with Crippen LogP contribution in [-0.2, 0) is 9.59 Å². The van der Waals surface area contributed by atoms with Crippen molar-refractivity contribution in [2.75, 3.05) is 38.6 Å². The molecule has 5 nitrogen and oxygen atoms in total. The van der Waals surface area contributed by atoms with Gasteiger partial charge in [-0.2, -0.15) is 0 Å². The summed E-state index contributed by atoms with van der Waals surface area (Å²) in [5.41, 5.74) is 1.46. The highest BCUT2D eigenvalue weighted by Gasteiger charge is 2.18. The number of nitrogens with zero attached hydrogens (tertiary/aromatic N) is 2. The molecule has 0 bridgehead atoms. The van der Waals surface area contributed by atoms with E-state index in [2.05, 4.69) is 10.2 Å². The molecule has 0 atom stereocenters. The topological polar surface area (TPSA) is 52.7 Å². The van der Waals surface area contributed by atoms with Crippen molar-refractivity contribution in [3.8, 4) is 0 Å². The number of hydrogen-bond donors (Lipinski definition) is 1. The van der Waals surface area contributed by atoms with E-state index in [1.165, 1.54) is 11.8 Å². The second-order valence-corrected chi connectivity index (χ2v) is 5.90. The first kappa shape index (κ1) is 18.5. The Hall–Kier alpha value is -1.59. The van der Waals surface area contributed by atoms with Crippen LogP contribution in [0.3, 0.4) is 0 Å². The molecule has 1 N–H and O–H groups in total. The van der Waals surface area contributed by atoms with Crippen molar-refractivity contribution in [2.45, 2.75) is 20.3 Å². The van der Waals surface area contributed by atoms with Gasteiger partial charge in [0, 0.05) is 24.2 Å². The van der Waals surface area contributed by atoms with Crippen LogP contribution in [0.15, 0.2) is 18.2 Å². The van der Waals surface area contributed by atoms with Crippen LogP contribution < -0.4 is 10.2 Å². The highest BCUT2D eigenvalue weighted by Crippen LogP contribution is 2.26. The first-order chi connectivity index (χ1) is 10.3. The minimum absolute atomic E-state index is 0.00151. The van der Waals surface area contributed by atoms with Gasteiger partial charge in [0.2, 0.25) is 11.8 Å². The number of rotatable bonds is 7. The molecular weight excluding hydrogens is 302 g/mol. The van der Waals surface area contributed by atoms with Crippen LogP contribution in [0.5, 0.6) is 0 Å². The Morgan fingerprint density at radius 1 is 1.27 bits per heavy atom. The van der Waals surface area contributed by atoms with Crippen LogP contribution in [0.25, 0.3) is 0 Å². The second kappa shape index (κ2) is 8.76. The van der Waals surface area contributed by atoms with E-state index >= 15 is 0 Å². The summed E-state index contributed by atoms with van der Waals surface area (Å²) in [7, 11) is 3.97. The normalized spacial score (nSPS) is 10.6. The largest absolute Gasteiger partial charge is 0.355 e. The lowest BCUT2D eigenvalue weighted by molar-refractivity contribution is -0.123. The van der Waals surface area contributed by atoms with Crippen molar-refractivity contribution in [3.05, 3.63) is 28.8 Å². The summed E-state index contributed by atoms with van der Waals surface area (Å²) in [4.78, 5) is 27.4. The van der Waals surface area contributed by atoms with Gasteiger partial charge in [-0.25, -0.2) is 0 Å². The van der Waals surface area contributed by atoms with Gasteiger partial charge in [0.25, 0.3) is 0 Å². The number of anilines is 1. The third-order valence-corrected chi connectivity index (χ3v) is 3.73. The maximum atomic E-state index is 12.0. The van der Waals surface area contributed by atoms with Gasteiger partial charge in [0.15, 0.2) is 0 Å². The maximum absolute atomic E-state index is 12.0. The molecule has 2 amide bonds. The van der Waals surface area contributed by atoms with Gasteiger partial charge in [-0.3, -0.25) is 9.59 Å². The monoisotopic (exact) mass is 325 g/mol. The van der Waals surface area contributed by atoms with Crippen LogP contribution >= 0.6 is 11.6 Å². The standard InChI is InChI=1S/C16H24ClN3O2/c1-12-14(17)7-5-8-15(12)20(13(2)21)11-16(22)18-9-6-10-19(3)4/h5,7-8H,6,9-11H2,1-4H3,(H,18,22). The van der Waals surface area contributed by atoms with Crippen LogP contribution in [0.4, 0.5) is 5.69 Å². The molecule has 0 aliphatic rings. The minimum atomic E-state index is -0.186. The quantitative estimate of drug-likeness (QED) is 0.781. The van der Waals surface area contributed by atoms with Gasteiger partial charge in [0.1, 0.15) is 6.54 Å². The Bertz CT molecular complexity index is 532. The Labute approximate surface area is 137 Å². The van der Waals surface area contributed by atoms with E-state index < -0.39 is 0 Å². The summed E-state index contributed by atoms with van der Waals surface area (Å²) < 4.78 is 0. The summed E-state index contributed by atoms with van der Waals surface area (Å²) in [6.07, 6.45) is 0.870. The molecule has 0 spiro atoms. The summed E-state index contributed by atoms with van der Waals surface area (Å²) in [5.74, 6) is -0.359. The van der Waals surface area contributed by atoms with Crippen molar-refractivity contribution < 1.29 is 9.59 Å². The first-order valence-corrected chi connectivity index (χ1v) is 7.65. The zero-order valence-electron chi connectivity index (χ0n) is 13.6. The zero-order chi connectivity index (χ0) is 16.7. The lowest BCUT2D eigenvalue weighted by Crippen LogP contribution is -2.40. The Balaban J connectivity index is 2.67. The van der Waals surface area contributed by atoms with Gasteiger partial charge in [-0.15, -0.1) is 0 Å². The molecule has 1 aromatic carbocycles. The smallest absolute Gasteiger partial charge is 0.240 e. The fourth-order valence-corrected chi connectivity index (χ4v) is 2.25. The highest BCUT2D eigenvalue weighted by atomic mass is 35.5. The van der Waals surface area contributed by atoms with E-state index in [4.69, 9.17) is 11.6 Å². The van der Waals surface area contributed by atoms with E-state index in [-0.39, 0.29) is 18.4 Å². The number of carbonyl (C=O) groups is 2. The van der Waals surface area contributed by atoms with Gasteiger partial charge >= 0.3 is 0 Å². The molecule has 22 heavy (non-hydrogen) atoms. The van der Waals surface area contributed by atoms with Crippen molar-refractivity contribution in [1.82, 2.24) is 10.2 Å². The molecule has 1 rings (SSSR count). The van der Waals surface area contributed by atoms with Gasteiger partial charge in [-0.1, -0.05) is 17.7 Å². The van der Waals surface area contributed by atoms with Gasteiger partial charge in [0.05, 0.1) is 0 Å². The number of hydrogen-bond acceptors (Lipinski definition) is 3. The average Bonchev–Trinajstić information content (AvgIpc) is 2.44. The molecule has 0 aromatic heterocycles. The van der Waals surface area contributed by atoms with E-state index in [1.807, 2.05) is 21.0 Å². The molecule has 0 radical (unpaired) electrons. The molecule has 0 unspecified atom stereocenters. The van der Waals surface area contributed by atoms with E-state index in [1.54, 1.807) is 18.2 Å². The number of amides is 2. The SMILES string of the molecule is CC(=O)N(CC(=O)NCCCN(C)C)c1cccc(Cl)c1C. The molecule has 0 aliphatic heterocycles. The molecule has 0 fully saturated rings. The number of nitrogens with one attached hydrogen (secondary N) is 1. The van der Waals surface area contributed by atoms with Crippen molar-refractivity contribution in [2.24, 2.45) is 0 Å². The molecule has 0 heterocycles. The molecule has 0 saturated heterocycles. The zero-order valence-corrected chi connectivity index (χ0v) is 14.4. The summed E-state index contributed by atoms with van der Waals surface area (Å²) >= 11 is 6.09. The van der Waals surface area contributed by atoms with Crippen LogP contribution in [0.1, 0.15) is 18.9 Å². The molecule has 122 valence electrons. The molecule has 1 aromatic rings. The number of halogens is 1. The van der Waals surface area contributed by atoms with Gasteiger partial charge < -0.3 is 15.1 Å². The predicted octanol–water partition coefficient (Wildman–Crippen LogP) is 2.07.